The summed E-state index contributed by atoms with van der Waals surface area (Å²) in [6.45, 7) is 0. The topological polar surface area (TPSA) is 45.7 Å². The van der Waals surface area contributed by atoms with Gasteiger partial charge in [-0.05, 0) is 24.3 Å². The summed E-state index contributed by atoms with van der Waals surface area (Å²) in [5.41, 5.74) is 5.30. The summed E-state index contributed by atoms with van der Waals surface area (Å²) in [5.74, 6) is 0. The van der Waals surface area contributed by atoms with Gasteiger partial charge in [0.2, 0.25) is 6.33 Å². The molecule has 0 amide bonds. The molecule has 2 aromatic heterocycles. The molecule has 0 atom stereocenters. The maximum absolute atomic E-state index is 9.09. The number of aromatic nitrogens is 2. The number of hydrogen-bond donors (Lipinski definition) is 0. The van der Waals surface area contributed by atoms with Crippen molar-refractivity contribution in [1.82, 2.24) is 4.57 Å². The Hall–Kier alpha value is -3.58. The van der Waals surface area contributed by atoms with E-state index in [9.17, 15) is 0 Å². The predicted molar refractivity (Wildman–Crippen MR) is 95.3 cm³/mol. The third-order valence-corrected chi connectivity index (χ3v) is 4.56. The van der Waals surface area contributed by atoms with Crippen molar-refractivity contribution >= 4 is 33.0 Å². The average molecular weight is 323 g/mol. The number of nitriles is 1. The van der Waals surface area contributed by atoms with Crippen LogP contribution in [-0.2, 0) is 7.05 Å². The highest BCUT2D eigenvalue weighted by Gasteiger charge is 2.13. The van der Waals surface area contributed by atoms with Gasteiger partial charge >= 0.3 is 0 Å². The van der Waals surface area contributed by atoms with Crippen LogP contribution in [0.15, 0.2) is 65.1 Å². The number of hydrogen-bond acceptors (Lipinski definition) is 2. The molecule has 0 N–H and O–H groups in total. The molecule has 0 fully saturated rings. The molecular formula is C21H13N3O. The normalized spacial score (nSPS) is 11.4. The standard InChI is InChI=1S/C21H13N3O/c1-23-13-24(15-5-3-2-4-6-15)19-11-21-17(10-18(19)23)16-8-7-14(12-22)9-20(16)25-21/h2-11H,1H3. The van der Waals surface area contributed by atoms with E-state index in [0.29, 0.717) is 5.56 Å². The van der Waals surface area contributed by atoms with Crippen LogP contribution in [0.5, 0.6) is 0 Å². The maximum Gasteiger partial charge on any atom is 0.244 e. The zero-order chi connectivity index (χ0) is 17.0. The molecule has 5 rings (SSSR count). The van der Waals surface area contributed by atoms with Crippen molar-refractivity contribution in [3.63, 3.8) is 0 Å². The van der Waals surface area contributed by atoms with Gasteiger partial charge in [0.15, 0.2) is 0 Å². The Morgan fingerprint density at radius 3 is 2.60 bits per heavy atom. The lowest BCUT2D eigenvalue weighted by molar-refractivity contribution is -0.649. The van der Waals surface area contributed by atoms with Crippen LogP contribution in [0.2, 0.25) is 0 Å². The number of imidazole rings is 1. The molecule has 0 saturated heterocycles. The highest BCUT2D eigenvalue weighted by Crippen LogP contribution is 2.32. The number of rotatable bonds is 1. The van der Waals surface area contributed by atoms with E-state index in [2.05, 4.69) is 30.6 Å². The van der Waals surface area contributed by atoms with E-state index in [4.69, 9.17) is 9.68 Å². The van der Waals surface area contributed by atoms with E-state index in [0.717, 1.165) is 38.7 Å². The van der Waals surface area contributed by atoms with Gasteiger partial charge in [0.1, 0.15) is 11.2 Å². The molecule has 0 aliphatic rings. The second kappa shape index (κ2) is 4.96. The number of para-hydroxylation sites is 1. The molecule has 5 aromatic rings. The van der Waals surface area contributed by atoms with Crippen LogP contribution in [-0.4, -0.2) is 4.57 Å². The number of aryl methyl sites for hydroxylation is 1. The summed E-state index contributed by atoms with van der Waals surface area (Å²) in [5, 5.41) is 11.1. The van der Waals surface area contributed by atoms with Gasteiger partial charge in [-0.3, -0.25) is 0 Å². The van der Waals surface area contributed by atoms with Gasteiger partial charge in [0.25, 0.3) is 0 Å². The Morgan fingerprint density at radius 1 is 1.00 bits per heavy atom. The Morgan fingerprint density at radius 2 is 1.80 bits per heavy atom. The van der Waals surface area contributed by atoms with Gasteiger partial charge in [0.05, 0.1) is 35.4 Å². The van der Waals surface area contributed by atoms with Gasteiger partial charge in [-0.2, -0.15) is 5.26 Å². The molecule has 0 saturated carbocycles. The number of furan rings is 1. The van der Waals surface area contributed by atoms with E-state index >= 15 is 0 Å². The van der Waals surface area contributed by atoms with Gasteiger partial charge in [0, 0.05) is 10.8 Å². The Kier molecular flexibility index (Phi) is 2.74. The van der Waals surface area contributed by atoms with Crippen LogP contribution in [0.25, 0.3) is 38.7 Å². The van der Waals surface area contributed by atoms with E-state index in [1.165, 1.54) is 0 Å². The highest BCUT2D eigenvalue weighted by molar-refractivity contribution is 6.08. The summed E-state index contributed by atoms with van der Waals surface area (Å²) in [6, 6.07) is 22.0. The van der Waals surface area contributed by atoms with E-state index in [1.54, 1.807) is 6.07 Å². The van der Waals surface area contributed by atoms with Crippen molar-refractivity contribution in [2.45, 2.75) is 0 Å². The number of benzene rings is 3. The minimum Gasteiger partial charge on any atom is -0.457 e. The molecule has 25 heavy (non-hydrogen) atoms. The Labute approximate surface area is 143 Å². The third-order valence-electron chi connectivity index (χ3n) is 4.56. The molecule has 118 valence electrons. The second-order valence-electron chi connectivity index (χ2n) is 6.09. The Balaban J connectivity index is 1.87. The minimum atomic E-state index is 0.601. The predicted octanol–water partition coefficient (Wildman–Crippen LogP) is 4.03. The SMILES string of the molecule is C[n+]1[c-]n(-c2ccccc2)c2cc3oc4cc(C#N)ccc4c3cc21. The van der Waals surface area contributed by atoms with E-state index in [1.807, 2.05) is 52.6 Å². The fourth-order valence-electron chi connectivity index (χ4n) is 3.35. The smallest absolute Gasteiger partial charge is 0.244 e. The number of nitrogens with zero attached hydrogens (tertiary/aromatic N) is 3. The molecule has 0 unspecified atom stereocenters. The van der Waals surface area contributed by atoms with Gasteiger partial charge < -0.3 is 13.6 Å². The van der Waals surface area contributed by atoms with Gasteiger partial charge in [-0.1, -0.05) is 36.4 Å². The van der Waals surface area contributed by atoms with Crippen molar-refractivity contribution in [1.29, 1.82) is 5.26 Å². The molecule has 2 heterocycles. The van der Waals surface area contributed by atoms with Gasteiger partial charge in [-0.15, -0.1) is 0 Å². The molecule has 0 aliphatic carbocycles. The lowest BCUT2D eigenvalue weighted by atomic mass is 10.1. The first-order chi connectivity index (χ1) is 12.2. The van der Waals surface area contributed by atoms with Crippen LogP contribution in [0.4, 0.5) is 0 Å². The molecular weight excluding hydrogens is 310 g/mol. The van der Waals surface area contributed by atoms with E-state index in [-0.39, 0.29) is 0 Å². The lowest BCUT2D eigenvalue weighted by Gasteiger charge is -2.04. The molecule has 0 spiro atoms. The molecule has 3 aromatic carbocycles. The summed E-state index contributed by atoms with van der Waals surface area (Å²) in [7, 11) is 1.99. The lowest BCUT2D eigenvalue weighted by Crippen LogP contribution is -2.26. The van der Waals surface area contributed by atoms with Crippen LogP contribution in [0.1, 0.15) is 5.56 Å². The average Bonchev–Trinajstić information content (AvgIpc) is 3.17. The third kappa shape index (κ3) is 1.96. The summed E-state index contributed by atoms with van der Waals surface area (Å²) >= 11 is 0. The molecule has 0 bridgehead atoms. The van der Waals surface area contributed by atoms with Crippen LogP contribution in [0, 0.1) is 17.7 Å². The van der Waals surface area contributed by atoms with Crippen molar-refractivity contribution in [3.05, 3.63) is 72.6 Å². The second-order valence-corrected chi connectivity index (χ2v) is 6.09. The fourth-order valence-corrected chi connectivity index (χ4v) is 3.35. The minimum absolute atomic E-state index is 0.601. The zero-order valence-corrected chi connectivity index (χ0v) is 13.5. The van der Waals surface area contributed by atoms with Gasteiger partial charge in [-0.25, -0.2) is 0 Å². The van der Waals surface area contributed by atoms with Crippen LogP contribution in [0.3, 0.4) is 0 Å². The summed E-state index contributed by atoms with van der Waals surface area (Å²) in [6.07, 6.45) is 3.35. The molecule has 4 nitrogen and oxygen atoms in total. The molecule has 0 radical (unpaired) electrons. The van der Waals surface area contributed by atoms with E-state index < -0.39 is 0 Å². The summed E-state index contributed by atoms with van der Waals surface area (Å²) < 4.78 is 10.0. The monoisotopic (exact) mass is 323 g/mol. The quantitative estimate of drug-likeness (QED) is 0.345. The molecule has 4 heteroatoms. The zero-order valence-electron chi connectivity index (χ0n) is 13.5. The largest absolute Gasteiger partial charge is 0.457 e. The Bertz CT molecular complexity index is 1300. The van der Waals surface area contributed by atoms with Crippen molar-refractivity contribution in [3.8, 4) is 11.8 Å². The highest BCUT2D eigenvalue weighted by atomic mass is 16.3. The first-order valence-corrected chi connectivity index (χ1v) is 8.00. The van der Waals surface area contributed by atoms with Crippen molar-refractivity contribution in [2.24, 2.45) is 7.05 Å². The fraction of sp³-hybridized carbons (Fsp3) is 0.0476. The molecule has 0 aliphatic heterocycles. The summed E-state index contributed by atoms with van der Waals surface area (Å²) in [4.78, 5) is 0. The number of fused-ring (bicyclic) bond motifs is 4. The maximum atomic E-state index is 9.09. The van der Waals surface area contributed by atoms with Crippen molar-refractivity contribution < 1.29 is 8.98 Å². The van der Waals surface area contributed by atoms with Crippen LogP contribution < -0.4 is 4.57 Å². The van der Waals surface area contributed by atoms with Crippen LogP contribution >= 0.6 is 0 Å². The first kappa shape index (κ1) is 13.8. The van der Waals surface area contributed by atoms with Crippen molar-refractivity contribution in [2.75, 3.05) is 0 Å². The first-order valence-electron chi connectivity index (χ1n) is 8.00.